The molecule has 28 heavy (non-hydrogen) atoms. The number of amides is 1. The molecule has 1 heterocycles. The molecular weight excluding hydrogens is 378 g/mol. The first-order chi connectivity index (χ1) is 13.2. The number of carbonyl (C=O) groups is 1. The minimum atomic E-state index is -3.64. The smallest absolute Gasteiger partial charge is 0.253 e. The zero-order valence-corrected chi connectivity index (χ0v) is 18.4. The van der Waals surface area contributed by atoms with Gasteiger partial charge < -0.3 is 15.0 Å². The van der Waals surface area contributed by atoms with E-state index in [0.29, 0.717) is 45.0 Å². The van der Waals surface area contributed by atoms with Gasteiger partial charge in [0, 0.05) is 37.9 Å². The fourth-order valence-electron chi connectivity index (χ4n) is 3.10. The number of nitrogens with one attached hydrogen (secondary N) is 1. The predicted molar refractivity (Wildman–Crippen MR) is 111 cm³/mol. The van der Waals surface area contributed by atoms with E-state index in [1.807, 2.05) is 20.8 Å². The summed E-state index contributed by atoms with van der Waals surface area (Å²) < 4.78 is 32.7. The Labute approximate surface area is 169 Å². The fraction of sp³-hybridized carbons (Fsp3) is 0.650. The van der Waals surface area contributed by atoms with E-state index in [1.165, 1.54) is 10.4 Å². The van der Waals surface area contributed by atoms with E-state index in [1.54, 1.807) is 26.0 Å². The zero-order valence-electron chi connectivity index (χ0n) is 17.6. The lowest BCUT2D eigenvalue weighted by Gasteiger charge is -2.31. The van der Waals surface area contributed by atoms with Crippen LogP contribution in [0.25, 0.3) is 0 Å². The summed E-state index contributed by atoms with van der Waals surface area (Å²) in [5, 5.41) is 3.01. The Morgan fingerprint density at radius 1 is 1.18 bits per heavy atom. The molecule has 0 aromatic heterocycles. The average molecular weight is 412 g/mol. The van der Waals surface area contributed by atoms with E-state index >= 15 is 0 Å². The number of ether oxygens (including phenoxy) is 1. The monoisotopic (exact) mass is 411 g/mol. The number of hydrogen-bond donors (Lipinski definition) is 1. The van der Waals surface area contributed by atoms with Crippen molar-refractivity contribution < 1.29 is 17.9 Å². The molecule has 1 saturated heterocycles. The maximum absolute atomic E-state index is 13.0. The summed E-state index contributed by atoms with van der Waals surface area (Å²) in [5.41, 5.74) is 1.14. The molecule has 1 N–H and O–H groups in total. The van der Waals surface area contributed by atoms with Crippen molar-refractivity contribution in [3.63, 3.8) is 0 Å². The van der Waals surface area contributed by atoms with Crippen LogP contribution in [0.15, 0.2) is 23.1 Å². The van der Waals surface area contributed by atoms with E-state index in [4.69, 9.17) is 4.74 Å². The van der Waals surface area contributed by atoms with Gasteiger partial charge in [-0.1, -0.05) is 27.7 Å². The standard InChI is InChI=1S/C20H33N3O4S/c1-6-23(7-2)28(25,26)17-8-9-19(22-10-12-27-13-11-22)18(14-17)20(24)21-16(5)15(3)4/h8-9,14-16H,6-7,10-13H2,1-5H3,(H,21,24). The van der Waals surface area contributed by atoms with Crippen molar-refractivity contribution in [2.75, 3.05) is 44.3 Å². The van der Waals surface area contributed by atoms with Crippen molar-refractivity contribution in [2.24, 2.45) is 5.92 Å². The first kappa shape index (κ1) is 22.6. The second kappa shape index (κ2) is 9.71. The molecule has 0 aliphatic carbocycles. The summed E-state index contributed by atoms with van der Waals surface area (Å²) in [5.74, 6) is 0.0256. The SMILES string of the molecule is CCN(CC)S(=O)(=O)c1ccc(N2CCOCC2)c(C(=O)NC(C)C(C)C)c1. The molecule has 0 radical (unpaired) electrons. The Balaban J connectivity index is 2.48. The summed E-state index contributed by atoms with van der Waals surface area (Å²) in [4.78, 5) is 15.3. The molecule has 1 aromatic carbocycles. The number of nitrogens with zero attached hydrogens (tertiary/aromatic N) is 2. The van der Waals surface area contributed by atoms with Gasteiger partial charge in [-0.3, -0.25) is 4.79 Å². The largest absolute Gasteiger partial charge is 0.378 e. The number of morpholine rings is 1. The third-order valence-electron chi connectivity index (χ3n) is 5.27. The molecule has 0 bridgehead atoms. The second-order valence-corrected chi connectivity index (χ2v) is 9.31. The van der Waals surface area contributed by atoms with Crippen LogP contribution < -0.4 is 10.2 Å². The molecule has 0 saturated carbocycles. The van der Waals surface area contributed by atoms with Gasteiger partial charge in [0.15, 0.2) is 0 Å². The molecule has 1 atom stereocenters. The number of carbonyl (C=O) groups excluding carboxylic acids is 1. The number of anilines is 1. The Morgan fingerprint density at radius 3 is 2.32 bits per heavy atom. The fourth-order valence-corrected chi connectivity index (χ4v) is 4.59. The Bertz CT molecular complexity index is 770. The van der Waals surface area contributed by atoms with Crippen LogP contribution in [-0.4, -0.2) is 64.1 Å². The summed E-state index contributed by atoms with van der Waals surface area (Å²) in [6.45, 7) is 12.9. The lowest BCUT2D eigenvalue weighted by atomic mass is 10.0. The summed E-state index contributed by atoms with van der Waals surface area (Å²) in [6.07, 6.45) is 0. The topological polar surface area (TPSA) is 79.0 Å². The quantitative estimate of drug-likeness (QED) is 0.710. The van der Waals surface area contributed by atoms with Crippen LogP contribution in [0.5, 0.6) is 0 Å². The number of rotatable bonds is 8. The van der Waals surface area contributed by atoms with Gasteiger partial charge in [0.25, 0.3) is 5.91 Å². The normalized spacial score (nSPS) is 16.5. The van der Waals surface area contributed by atoms with Gasteiger partial charge in [0.05, 0.1) is 23.7 Å². The van der Waals surface area contributed by atoms with Crippen molar-refractivity contribution in [1.29, 1.82) is 0 Å². The molecular formula is C20H33N3O4S. The first-order valence-corrected chi connectivity index (χ1v) is 11.4. The van der Waals surface area contributed by atoms with Gasteiger partial charge in [-0.15, -0.1) is 0 Å². The molecule has 1 aliphatic rings. The molecule has 1 unspecified atom stereocenters. The van der Waals surface area contributed by atoms with Crippen molar-refractivity contribution >= 4 is 21.6 Å². The van der Waals surface area contributed by atoms with E-state index in [0.717, 1.165) is 5.69 Å². The zero-order chi connectivity index (χ0) is 20.9. The number of benzene rings is 1. The van der Waals surface area contributed by atoms with Crippen molar-refractivity contribution in [3.8, 4) is 0 Å². The maximum Gasteiger partial charge on any atom is 0.253 e. The van der Waals surface area contributed by atoms with E-state index < -0.39 is 10.0 Å². The molecule has 2 rings (SSSR count). The van der Waals surface area contributed by atoms with Gasteiger partial charge >= 0.3 is 0 Å². The molecule has 0 spiro atoms. The summed E-state index contributed by atoms with van der Waals surface area (Å²) >= 11 is 0. The Kier molecular flexibility index (Phi) is 7.86. The van der Waals surface area contributed by atoms with Gasteiger partial charge in [-0.05, 0) is 31.0 Å². The molecule has 1 amide bonds. The minimum absolute atomic E-state index is 0.0203. The highest BCUT2D eigenvalue weighted by Gasteiger charge is 2.26. The van der Waals surface area contributed by atoms with E-state index in [-0.39, 0.29) is 22.8 Å². The highest BCUT2D eigenvalue weighted by atomic mass is 32.2. The van der Waals surface area contributed by atoms with Gasteiger partial charge in [-0.2, -0.15) is 4.31 Å². The van der Waals surface area contributed by atoms with Crippen molar-refractivity contribution in [2.45, 2.75) is 45.6 Å². The van der Waals surface area contributed by atoms with Crippen molar-refractivity contribution in [1.82, 2.24) is 9.62 Å². The first-order valence-electron chi connectivity index (χ1n) is 10.00. The third kappa shape index (κ3) is 5.04. The van der Waals surface area contributed by atoms with Crippen LogP contribution in [0.1, 0.15) is 45.0 Å². The molecule has 1 fully saturated rings. The van der Waals surface area contributed by atoms with Crippen molar-refractivity contribution in [3.05, 3.63) is 23.8 Å². The lowest BCUT2D eigenvalue weighted by molar-refractivity contribution is 0.0929. The van der Waals surface area contributed by atoms with Gasteiger partial charge in [-0.25, -0.2) is 8.42 Å². The lowest BCUT2D eigenvalue weighted by Crippen LogP contribution is -2.40. The minimum Gasteiger partial charge on any atom is -0.378 e. The van der Waals surface area contributed by atoms with Gasteiger partial charge in [0.2, 0.25) is 10.0 Å². The molecule has 7 nitrogen and oxygen atoms in total. The molecule has 8 heteroatoms. The second-order valence-electron chi connectivity index (χ2n) is 7.37. The van der Waals surface area contributed by atoms with Crippen LogP contribution in [0.3, 0.4) is 0 Å². The van der Waals surface area contributed by atoms with Crippen LogP contribution in [-0.2, 0) is 14.8 Å². The Morgan fingerprint density at radius 2 is 1.79 bits per heavy atom. The van der Waals surface area contributed by atoms with Gasteiger partial charge in [0.1, 0.15) is 0 Å². The molecule has 1 aliphatic heterocycles. The average Bonchev–Trinajstić information content (AvgIpc) is 2.68. The van der Waals surface area contributed by atoms with E-state index in [2.05, 4.69) is 10.2 Å². The highest BCUT2D eigenvalue weighted by molar-refractivity contribution is 7.89. The summed E-state index contributed by atoms with van der Waals surface area (Å²) in [6, 6.07) is 4.84. The van der Waals surface area contributed by atoms with Crippen LogP contribution in [0, 0.1) is 5.92 Å². The van der Waals surface area contributed by atoms with Crippen LogP contribution >= 0.6 is 0 Å². The van der Waals surface area contributed by atoms with Crippen LogP contribution in [0.4, 0.5) is 5.69 Å². The van der Waals surface area contributed by atoms with Crippen LogP contribution in [0.2, 0.25) is 0 Å². The highest BCUT2D eigenvalue weighted by Crippen LogP contribution is 2.27. The molecule has 158 valence electrons. The maximum atomic E-state index is 13.0. The van der Waals surface area contributed by atoms with E-state index in [9.17, 15) is 13.2 Å². The number of hydrogen-bond acceptors (Lipinski definition) is 5. The number of sulfonamides is 1. The Hall–Kier alpha value is -1.64. The third-order valence-corrected chi connectivity index (χ3v) is 7.31. The predicted octanol–water partition coefficient (Wildman–Crippen LogP) is 2.33. The summed E-state index contributed by atoms with van der Waals surface area (Å²) in [7, 11) is -3.64. The molecule has 1 aromatic rings.